The Kier molecular flexibility index (Phi) is 9.56. The van der Waals surface area contributed by atoms with Crippen molar-refractivity contribution in [3.8, 4) is 0 Å². The van der Waals surface area contributed by atoms with Gasteiger partial charge in [-0.15, -0.1) is 0 Å². The first-order valence-corrected chi connectivity index (χ1v) is 8.15. The second-order valence-corrected chi connectivity index (χ2v) is 6.86. The van der Waals surface area contributed by atoms with Crippen molar-refractivity contribution in [3.63, 3.8) is 0 Å². The third kappa shape index (κ3) is 10.5. The SMILES string of the molecule is CC(C)(C)OOC(C)(C)c1ccccc1.CCCCCC. The fraction of sp³-hybridized carbons (Fsp3) is 0.684. The number of rotatable bonds is 6. The van der Waals surface area contributed by atoms with Gasteiger partial charge in [0.15, 0.2) is 0 Å². The highest BCUT2D eigenvalue weighted by Crippen LogP contribution is 2.26. The molecule has 0 radical (unpaired) electrons. The summed E-state index contributed by atoms with van der Waals surface area (Å²) < 4.78 is 0. The fourth-order valence-electron chi connectivity index (χ4n) is 1.62. The van der Waals surface area contributed by atoms with Crippen LogP contribution in [0.5, 0.6) is 0 Å². The minimum Gasteiger partial charge on any atom is -0.230 e. The van der Waals surface area contributed by atoms with Gasteiger partial charge in [-0.2, -0.15) is 0 Å². The van der Waals surface area contributed by atoms with E-state index in [0.717, 1.165) is 5.56 Å². The van der Waals surface area contributed by atoms with Crippen molar-refractivity contribution in [1.82, 2.24) is 0 Å². The van der Waals surface area contributed by atoms with Gasteiger partial charge in [-0.25, -0.2) is 9.78 Å². The lowest BCUT2D eigenvalue weighted by molar-refractivity contribution is -0.401. The molecule has 0 aliphatic rings. The minimum absolute atomic E-state index is 0.286. The Morgan fingerprint density at radius 3 is 1.62 bits per heavy atom. The summed E-state index contributed by atoms with van der Waals surface area (Å²) in [6.45, 7) is 14.4. The molecule has 0 atom stereocenters. The van der Waals surface area contributed by atoms with E-state index in [2.05, 4.69) is 13.8 Å². The molecule has 0 N–H and O–H groups in total. The largest absolute Gasteiger partial charge is 0.230 e. The van der Waals surface area contributed by atoms with Crippen LogP contribution in [0.25, 0.3) is 0 Å². The maximum Gasteiger partial charge on any atom is 0.123 e. The van der Waals surface area contributed by atoms with Gasteiger partial charge in [0.1, 0.15) is 5.60 Å². The van der Waals surface area contributed by atoms with Gasteiger partial charge in [0.05, 0.1) is 5.60 Å². The van der Waals surface area contributed by atoms with Gasteiger partial charge in [-0.05, 0) is 40.2 Å². The van der Waals surface area contributed by atoms with Gasteiger partial charge in [-0.1, -0.05) is 69.9 Å². The molecule has 0 fully saturated rings. The van der Waals surface area contributed by atoms with E-state index < -0.39 is 5.60 Å². The lowest BCUT2D eigenvalue weighted by Crippen LogP contribution is -2.28. The molecule has 0 unspecified atom stereocenters. The quantitative estimate of drug-likeness (QED) is 0.350. The molecule has 1 aromatic carbocycles. The Morgan fingerprint density at radius 2 is 1.24 bits per heavy atom. The summed E-state index contributed by atoms with van der Waals surface area (Å²) in [4.78, 5) is 10.8. The van der Waals surface area contributed by atoms with Crippen molar-refractivity contribution < 1.29 is 9.78 Å². The third-order valence-electron chi connectivity index (χ3n) is 2.93. The molecule has 1 aromatic rings. The van der Waals surface area contributed by atoms with Crippen LogP contribution in [-0.4, -0.2) is 5.60 Å². The van der Waals surface area contributed by atoms with Crippen molar-refractivity contribution in [1.29, 1.82) is 0 Å². The van der Waals surface area contributed by atoms with Crippen LogP contribution >= 0.6 is 0 Å². The molecule has 0 heterocycles. The third-order valence-corrected chi connectivity index (χ3v) is 2.93. The molecule has 0 aliphatic carbocycles. The fourth-order valence-corrected chi connectivity index (χ4v) is 1.62. The molecule has 21 heavy (non-hydrogen) atoms. The Bertz CT molecular complexity index is 346. The highest BCUT2D eigenvalue weighted by molar-refractivity contribution is 5.20. The Hall–Kier alpha value is -0.860. The second-order valence-electron chi connectivity index (χ2n) is 6.86. The van der Waals surface area contributed by atoms with Crippen molar-refractivity contribution in [2.24, 2.45) is 0 Å². The second kappa shape index (κ2) is 9.97. The monoisotopic (exact) mass is 294 g/mol. The normalized spacial score (nSPS) is 11.8. The molecule has 0 spiro atoms. The van der Waals surface area contributed by atoms with E-state index in [1.807, 2.05) is 65.0 Å². The van der Waals surface area contributed by atoms with Crippen molar-refractivity contribution >= 4 is 0 Å². The van der Waals surface area contributed by atoms with Gasteiger partial charge in [0.25, 0.3) is 0 Å². The predicted octanol–water partition coefficient (Wildman–Crippen LogP) is 6.26. The Balaban J connectivity index is 0.000000567. The van der Waals surface area contributed by atoms with Crippen LogP contribution in [-0.2, 0) is 15.4 Å². The van der Waals surface area contributed by atoms with Crippen LogP contribution in [0.2, 0.25) is 0 Å². The van der Waals surface area contributed by atoms with E-state index in [9.17, 15) is 0 Å². The smallest absolute Gasteiger partial charge is 0.123 e. The van der Waals surface area contributed by atoms with Gasteiger partial charge < -0.3 is 0 Å². The molecular formula is C19H34O2. The van der Waals surface area contributed by atoms with E-state index in [-0.39, 0.29) is 5.60 Å². The summed E-state index contributed by atoms with van der Waals surface area (Å²) in [5.41, 5.74) is 0.398. The maximum atomic E-state index is 5.48. The zero-order valence-corrected chi connectivity index (χ0v) is 15.0. The topological polar surface area (TPSA) is 18.5 Å². The summed E-state index contributed by atoms with van der Waals surface area (Å²) in [6, 6.07) is 10.1. The van der Waals surface area contributed by atoms with Crippen LogP contribution in [0.1, 0.15) is 79.7 Å². The van der Waals surface area contributed by atoms with Crippen LogP contribution in [0.3, 0.4) is 0 Å². The predicted molar refractivity (Wildman–Crippen MR) is 91.2 cm³/mol. The summed E-state index contributed by atoms with van der Waals surface area (Å²) >= 11 is 0. The molecule has 0 aliphatic heterocycles. The molecule has 2 nitrogen and oxygen atoms in total. The van der Waals surface area contributed by atoms with Crippen LogP contribution in [0.4, 0.5) is 0 Å². The number of benzene rings is 1. The average Bonchev–Trinajstić information content (AvgIpc) is 2.44. The van der Waals surface area contributed by atoms with E-state index >= 15 is 0 Å². The van der Waals surface area contributed by atoms with Gasteiger partial charge in [-0.3, -0.25) is 0 Å². The van der Waals surface area contributed by atoms with E-state index in [1.54, 1.807) is 0 Å². The summed E-state index contributed by atoms with van der Waals surface area (Å²) in [7, 11) is 0. The number of hydrogen-bond acceptors (Lipinski definition) is 2. The molecule has 2 heteroatoms. The summed E-state index contributed by atoms with van der Waals surface area (Å²) in [5, 5.41) is 0. The molecular weight excluding hydrogens is 260 g/mol. The van der Waals surface area contributed by atoms with Crippen LogP contribution < -0.4 is 0 Å². The van der Waals surface area contributed by atoms with E-state index in [0.29, 0.717) is 0 Å². The van der Waals surface area contributed by atoms with Crippen LogP contribution in [0.15, 0.2) is 30.3 Å². The first-order valence-electron chi connectivity index (χ1n) is 8.15. The highest BCUT2D eigenvalue weighted by Gasteiger charge is 2.25. The Labute approximate surface area is 131 Å². The highest BCUT2D eigenvalue weighted by atomic mass is 17.2. The first-order chi connectivity index (χ1) is 9.73. The van der Waals surface area contributed by atoms with Crippen molar-refractivity contribution in [2.45, 2.75) is 85.4 Å². The molecule has 1 rings (SSSR count). The minimum atomic E-state index is -0.422. The maximum absolute atomic E-state index is 5.48. The molecule has 122 valence electrons. The lowest BCUT2D eigenvalue weighted by Gasteiger charge is -2.28. The standard InChI is InChI=1S/C13H20O2.C6H14/c1-12(2,3)14-15-13(4,5)11-9-7-6-8-10-11;1-3-5-6-4-2/h6-10H,1-5H3;3-6H2,1-2H3. The number of unbranched alkanes of at least 4 members (excludes halogenated alkanes) is 3. The molecule has 0 saturated carbocycles. The van der Waals surface area contributed by atoms with Crippen LogP contribution in [0, 0.1) is 0 Å². The van der Waals surface area contributed by atoms with E-state index in [4.69, 9.17) is 9.78 Å². The molecule has 0 aromatic heterocycles. The summed E-state index contributed by atoms with van der Waals surface area (Å²) in [6.07, 6.45) is 5.54. The summed E-state index contributed by atoms with van der Waals surface area (Å²) in [5.74, 6) is 0. The van der Waals surface area contributed by atoms with Gasteiger partial charge >= 0.3 is 0 Å². The zero-order chi connectivity index (χ0) is 16.4. The molecule has 0 saturated heterocycles. The zero-order valence-electron chi connectivity index (χ0n) is 15.0. The Morgan fingerprint density at radius 1 is 0.762 bits per heavy atom. The van der Waals surface area contributed by atoms with E-state index in [1.165, 1.54) is 25.7 Å². The first kappa shape index (κ1) is 20.1. The number of hydrogen-bond donors (Lipinski definition) is 0. The van der Waals surface area contributed by atoms with Crippen molar-refractivity contribution in [3.05, 3.63) is 35.9 Å². The molecule has 0 bridgehead atoms. The molecule has 0 amide bonds. The average molecular weight is 294 g/mol. The van der Waals surface area contributed by atoms with Crippen molar-refractivity contribution in [2.75, 3.05) is 0 Å². The lowest BCUT2D eigenvalue weighted by atomic mass is 9.99. The van der Waals surface area contributed by atoms with Gasteiger partial charge in [0, 0.05) is 0 Å². The van der Waals surface area contributed by atoms with Gasteiger partial charge in [0.2, 0.25) is 0 Å².